The van der Waals surface area contributed by atoms with Gasteiger partial charge in [-0.15, -0.1) is 0 Å². The fraction of sp³-hybridized carbons (Fsp3) is 1.00. The minimum atomic E-state index is 0.604. The topological polar surface area (TPSA) is 6.48 Å². The van der Waals surface area contributed by atoms with E-state index in [-0.39, 0.29) is 0 Å². The lowest BCUT2D eigenvalue weighted by molar-refractivity contribution is 0.00449. The summed E-state index contributed by atoms with van der Waals surface area (Å²) in [5.74, 6) is 0. The quantitative estimate of drug-likeness (QED) is 0.611. The Balaban J connectivity index is 2.45. The monoisotopic (exact) mass is 180 g/mol. The third kappa shape index (κ3) is 2.47. The van der Waals surface area contributed by atoms with E-state index in [0.717, 1.165) is 13.1 Å². The van der Waals surface area contributed by atoms with Crippen molar-refractivity contribution in [3.8, 4) is 0 Å². The Hall–Kier alpha value is -0.0151. The van der Waals surface area contributed by atoms with Crippen LogP contribution in [-0.2, 0) is 0 Å². The molecule has 0 aromatic heterocycles. The van der Waals surface area contributed by atoms with Crippen LogP contribution in [0.5, 0.6) is 0 Å². The summed E-state index contributed by atoms with van der Waals surface area (Å²) in [5.41, 5.74) is 0.604. The standard InChI is InChI=1S/C10H21BN2/c1-4-10(5-2)6-8-13(9-7-10)12(3)11/h4-9H2,1-3H3. The van der Waals surface area contributed by atoms with Crippen molar-refractivity contribution in [2.45, 2.75) is 39.5 Å². The molecule has 3 heteroatoms. The predicted octanol–water partition coefficient (Wildman–Crippen LogP) is 1.82. The van der Waals surface area contributed by atoms with Crippen LogP contribution in [0.15, 0.2) is 0 Å². The normalized spacial score (nSPS) is 23.7. The molecule has 1 heterocycles. The second-order valence-electron chi connectivity index (χ2n) is 4.23. The van der Waals surface area contributed by atoms with Crippen LogP contribution in [0.1, 0.15) is 39.5 Å². The lowest BCUT2D eigenvalue weighted by Crippen LogP contribution is -2.46. The molecular weight excluding hydrogens is 159 g/mol. The fourth-order valence-corrected chi connectivity index (χ4v) is 2.24. The Morgan fingerprint density at radius 1 is 1.23 bits per heavy atom. The van der Waals surface area contributed by atoms with Crippen LogP contribution in [0.3, 0.4) is 0 Å². The largest absolute Gasteiger partial charge is 0.298 e. The maximum Gasteiger partial charge on any atom is 0.206 e. The Morgan fingerprint density at radius 3 is 2.00 bits per heavy atom. The first kappa shape index (κ1) is 11.1. The van der Waals surface area contributed by atoms with Crippen molar-refractivity contribution in [3.05, 3.63) is 0 Å². The van der Waals surface area contributed by atoms with E-state index in [1.165, 1.54) is 25.7 Å². The molecule has 0 N–H and O–H groups in total. The molecule has 2 radical (unpaired) electrons. The van der Waals surface area contributed by atoms with Gasteiger partial charge in [-0.2, -0.15) is 0 Å². The minimum Gasteiger partial charge on any atom is -0.298 e. The summed E-state index contributed by atoms with van der Waals surface area (Å²) in [6.45, 7) is 6.86. The molecule has 0 saturated carbocycles. The molecule has 0 bridgehead atoms. The summed E-state index contributed by atoms with van der Waals surface area (Å²) in [5, 5.41) is 2.23. The van der Waals surface area contributed by atoms with Crippen molar-refractivity contribution in [3.63, 3.8) is 0 Å². The molecule has 1 aliphatic rings. The van der Waals surface area contributed by atoms with Gasteiger partial charge in [-0.3, -0.25) is 9.93 Å². The molecule has 0 aromatic rings. The Bertz CT molecular complexity index is 145. The van der Waals surface area contributed by atoms with Gasteiger partial charge < -0.3 is 0 Å². The molecule has 0 amide bonds. The van der Waals surface area contributed by atoms with Gasteiger partial charge in [-0.1, -0.05) is 26.7 Å². The first-order valence-electron chi connectivity index (χ1n) is 5.37. The molecule has 0 spiro atoms. The van der Waals surface area contributed by atoms with Crippen LogP contribution in [0, 0.1) is 5.41 Å². The van der Waals surface area contributed by atoms with Crippen molar-refractivity contribution in [2.24, 2.45) is 5.41 Å². The maximum absolute atomic E-state index is 5.70. The fourth-order valence-electron chi connectivity index (χ4n) is 2.24. The van der Waals surface area contributed by atoms with Gasteiger partial charge in [0.15, 0.2) is 0 Å². The third-order valence-electron chi connectivity index (χ3n) is 3.75. The SMILES string of the molecule is [B]N(C)N1CCC(CC)(CC)CC1. The average molecular weight is 180 g/mol. The highest BCUT2D eigenvalue weighted by Crippen LogP contribution is 2.37. The third-order valence-corrected chi connectivity index (χ3v) is 3.75. The molecule has 2 nitrogen and oxygen atoms in total. The van der Waals surface area contributed by atoms with Crippen molar-refractivity contribution in [1.29, 1.82) is 0 Å². The van der Waals surface area contributed by atoms with Gasteiger partial charge >= 0.3 is 0 Å². The zero-order valence-electron chi connectivity index (χ0n) is 9.21. The Morgan fingerprint density at radius 2 is 1.69 bits per heavy atom. The highest BCUT2D eigenvalue weighted by Gasteiger charge is 2.31. The number of piperidine rings is 1. The summed E-state index contributed by atoms with van der Waals surface area (Å²) in [6.07, 6.45) is 5.21. The summed E-state index contributed by atoms with van der Waals surface area (Å²) in [6, 6.07) is 0. The van der Waals surface area contributed by atoms with Gasteiger partial charge in [0.05, 0.1) is 0 Å². The smallest absolute Gasteiger partial charge is 0.206 e. The minimum absolute atomic E-state index is 0.604. The first-order valence-corrected chi connectivity index (χ1v) is 5.37. The Labute approximate surface area is 83.7 Å². The van der Waals surface area contributed by atoms with E-state index in [1.54, 1.807) is 4.92 Å². The number of hydrogen-bond acceptors (Lipinski definition) is 2. The molecule has 0 atom stereocenters. The molecule has 1 fully saturated rings. The zero-order valence-corrected chi connectivity index (χ0v) is 9.21. The average Bonchev–Trinajstić information content (AvgIpc) is 2.18. The van der Waals surface area contributed by atoms with E-state index in [2.05, 4.69) is 18.9 Å². The predicted molar refractivity (Wildman–Crippen MR) is 57.3 cm³/mol. The van der Waals surface area contributed by atoms with Gasteiger partial charge in [0.2, 0.25) is 7.98 Å². The van der Waals surface area contributed by atoms with E-state index in [0.29, 0.717) is 5.41 Å². The number of rotatable bonds is 3. The van der Waals surface area contributed by atoms with E-state index in [9.17, 15) is 0 Å². The molecule has 13 heavy (non-hydrogen) atoms. The second kappa shape index (κ2) is 4.47. The van der Waals surface area contributed by atoms with E-state index >= 15 is 0 Å². The van der Waals surface area contributed by atoms with Crippen LogP contribution >= 0.6 is 0 Å². The highest BCUT2D eigenvalue weighted by molar-refractivity contribution is 6.03. The number of hydrogen-bond donors (Lipinski definition) is 0. The van der Waals surface area contributed by atoms with Crippen LogP contribution in [0.2, 0.25) is 0 Å². The van der Waals surface area contributed by atoms with Crippen molar-refractivity contribution >= 4 is 7.98 Å². The molecule has 0 unspecified atom stereocenters. The molecule has 1 aliphatic heterocycles. The van der Waals surface area contributed by atoms with Crippen molar-refractivity contribution in [1.82, 2.24) is 9.93 Å². The molecule has 74 valence electrons. The van der Waals surface area contributed by atoms with Crippen molar-refractivity contribution < 1.29 is 0 Å². The molecule has 0 aromatic carbocycles. The summed E-state index contributed by atoms with van der Waals surface area (Å²) in [7, 11) is 7.62. The Kier molecular flexibility index (Phi) is 3.80. The van der Waals surface area contributed by atoms with E-state index in [4.69, 9.17) is 7.98 Å². The van der Waals surface area contributed by atoms with Gasteiger partial charge in [0.1, 0.15) is 0 Å². The zero-order chi connectivity index (χ0) is 9.90. The van der Waals surface area contributed by atoms with Crippen LogP contribution in [0.25, 0.3) is 0 Å². The van der Waals surface area contributed by atoms with Crippen molar-refractivity contribution in [2.75, 3.05) is 20.1 Å². The number of hydrazine groups is 1. The van der Waals surface area contributed by atoms with Gasteiger partial charge in [0, 0.05) is 13.1 Å². The van der Waals surface area contributed by atoms with Gasteiger partial charge in [0.25, 0.3) is 0 Å². The summed E-state index contributed by atoms with van der Waals surface area (Å²) < 4.78 is 0. The van der Waals surface area contributed by atoms with Crippen LogP contribution < -0.4 is 0 Å². The first-order chi connectivity index (χ1) is 6.13. The highest BCUT2D eigenvalue weighted by atomic mass is 15.6. The van der Waals surface area contributed by atoms with E-state index < -0.39 is 0 Å². The van der Waals surface area contributed by atoms with Crippen LogP contribution in [-0.4, -0.2) is 38.0 Å². The lowest BCUT2D eigenvalue weighted by atomic mass is 9.74. The molecular formula is C10H21BN2. The second-order valence-corrected chi connectivity index (χ2v) is 4.23. The van der Waals surface area contributed by atoms with Gasteiger partial charge in [-0.25, -0.2) is 0 Å². The molecule has 0 aliphatic carbocycles. The lowest BCUT2D eigenvalue weighted by Gasteiger charge is -2.43. The summed E-state index contributed by atoms with van der Waals surface area (Å²) in [4.78, 5) is 1.73. The van der Waals surface area contributed by atoms with Gasteiger partial charge in [-0.05, 0) is 25.3 Å². The maximum atomic E-state index is 5.70. The van der Waals surface area contributed by atoms with E-state index in [1.807, 2.05) is 7.05 Å². The number of nitrogens with zero attached hydrogens (tertiary/aromatic N) is 2. The molecule has 1 saturated heterocycles. The summed E-state index contributed by atoms with van der Waals surface area (Å²) >= 11 is 0. The van der Waals surface area contributed by atoms with Crippen LogP contribution in [0.4, 0.5) is 0 Å². The molecule has 1 rings (SSSR count).